The standard InChI is InChI=1S/C18H8F7N3/c19-12-4-2-1-3-10(12)13-8-28-15(26-13)6-5-9-11(17(20,21)22)7-14(18(23,24)25)27-16(9)28/h1-8H. The molecule has 4 rings (SSSR count). The van der Waals surface area contributed by atoms with Crippen LogP contribution < -0.4 is 0 Å². The van der Waals surface area contributed by atoms with E-state index in [9.17, 15) is 30.7 Å². The number of nitrogens with zero attached hydrogens (tertiary/aromatic N) is 3. The van der Waals surface area contributed by atoms with Crippen molar-refractivity contribution in [1.29, 1.82) is 0 Å². The lowest BCUT2D eigenvalue weighted by Crippen LogP contribution is -2.14. The van der Waals surface area contributed by atoms with Gasteiger partial charge in [-0.25, -0.2) is 14.4 Å². The quantitative estimate of drug-likeness (QED) is 0.383. The van der Waals surface area contributed by atoms with Crippen LogP contribution in [0.2, 0.25) is 0 Å². The predicted octanol–water partition coefficient (Wildman–Crippen LogP) is 5.73. The molecule has 144 valence electrons. The first-order valence-corrected chi connectivity index (χ1v) is 7.78. The number of rotatable bonds is 1. The van der Waals surface area contributed by atoms with Crippen LogP contribution in [0.3, 0.4) is 0 Å². The summed E-state index contributed by atoms with van der Waals surface area (Å²) in [6.07, 6.45) is -8.95. The number of hydrogen-bond donors (Lipinski definition) is 0. The van der Waals surface area contributed by atoms with E-state index in [2.05, 4.69) is 9.97 Å². The van der Waals surface area contributed by atoms with Gasteiger partial charge in [0.05, 0.1) is 11.3 Å². The molecule has 3 heterocycles. The molecule has 0 spiro atoms. The second-order valence-electron chi connectivity index (χ2n) is 5.96. The van der Waals surface area contributed by atoms with E-state index in [1.165, 1.54) is 30.3 Å². The zero-order valence-corrected chi connectivity index (χ0v) is 13.6. The molecule has 4 aromatic rings. The van der Waals surface area contributed by atoms with Crippen LogP contribution in [-0.4, -0.2) is 14.4 Å². The Morgan fingerprint density at radius 2 is 1.54 bits per heavy atom. The molecular formula is C18H8F7N3. The maximum absolute atomic E-state index is 14.0. The highest BCUT2D eigenvalue weighted by Gasteiger charge is 2.39. The van der Waals surface area contributed by atoms with E-state index in [4.69, 9.17) is 0 Å². The van der Waals surface area contributed by atoms with Gasteiger partial charge in [0.1, 0.15) is 22.8 Å². The Hall–Kier alpha value is -3.17. The SMILES string of the molecule is Fc1ccccc1-c1cn2c(ccc3c(C(F)(F)F)cc(C(F)(F)F)nc32)n1. The summed E-state index contributed by atoms with van der Waals surface area (Å²) >= 11 is 0. The number of halogens is 7. The van der Waals surface area contributed by atoms with E-state index >= 15 is 0 Å². The Kier molecular flexibility index (Phi) is 3.84. The number of pyridine rings is 2. The van der Waals surface area contributed by atoms with Gasteiger partial charge < -0.3 is 0 Å². The summed E-state index contributed by atoms with van der Waals surface area (Å²) in [4.78, 5) is 7.48. The largest absolute Gasteiger partial charge is 0.433 e. The second-order valence-corrected chi connectivity index (χ2v) is 5.96. The maximum Gasteiger partial charge on any atom is 0.433 e. The number of hydrogen-bond acceptors (Lipinski definition) is 2. The Labute approximate surface area is 152 Å². The van der Waals surface area contributed by atoms with Gasteiger partial charge >= 0.3 is 12.4 Å². The molecule has 0 fully saturated rings. The van der Waals surface area contributed by atoms with Crippen LogP contribution in [0.1, 0.15) is 11.3 Å². The summed E-state index contributed by atoms with van der Waals surface area (Å²) in [7, 11) is 0. The maximum atomic E-state index is 14.0. The highest BCUT2D eigenvalue weighted by molar-refractivity contribution is 5.84. The molecule has 0 radical (unpaired) electrons. The number of fused-ring (bicyclic) bond motifs is 3. The number of alkyl halides is 6. The highest BCUT2D eigenvalue weighted by Crippen LogP contribution is 2.39. The van der Waals surface area contributed by atoms with Crippen molar-refractivity contribution >= 4 is 16.7 Å². The van der Waals surface area contributed by atoms with E-state index in [0.29, 0.717) is 0 Å². The molecule has 0 atom stereocenters. The van der Waals surface area contributed by atoms with Gasteiger partial charge in [0.15, 0.2) is 0 Å². The summed E-state index contributed by atoms with van der Waals surface area (Å²) < 4.78 is 94.3. The summed E-state index contributed by atoms with van der Waals surface area (Å²) in [6, 6.07) is 7.71. The molecular weight excluding hydrogens is 391 g/mol. The number of imidazole rings is 1. The third-order valence-electron chi connectivity index (χ3n) is 4.14. The van der Waals surface area contributed by atoms with Crippen molar-refractivity contribution in [2.75, 3.05) is 0 Å². The molecule has 0 bridgehead atoms. The smallest absolute Gasteiger partial charge is 0.283 e. The molecule has 1 aromatic carbocycles. The van der Waals surface area contributed by atoms with Crippen LogP contribution in [-0.2, 0) is 12.4 Å². The molecule has 0 aliphatic carbocycles. The molecule has 0 unspecified atom stereocenters. The Balaban J connectivity index is 2.08. The lowest BCUT2D eigenvalue weighted by atomic mass is 10.1. The molecule has 0 aliphatic heterocycles. The summed E-state index contributed by atoms with van der Waals surface area (Å²) in [5, 5.41) is -0.523. The molecule has 3 aromatic heterocycles. The number of benzene rings is 1. The number of aromatic nitrogens is 3. The molecule has 0 saturated carbocycles. The molecule has 0 amide bonds. The molecule has 0 N–H and O–H groups in total. The summed E-state index contributed by atoms with van der Waals surface area (Å²) in [6.45, 7) is 0. The third kappa shape index (κ3) is 2.94. The van der Waals surface area contributed by atoms with Gasteiger partial charge in [-0.15, -0.1) is 0 Å². The van der Waals surface area contributed by atoms with Crippen LogP contribution in [0.15, 0.2) is 48.7 Å². The van der Waals surface area contributed by atoms with Gasteiger partial charge in [-0.2, -0.15) is 26.3 Å². The van der Waals surface area contributed by atoms with Gasteiger partial charge in [-0.3, -0.25) is 4.40 Å². The first-order valence-electron chi connectivity index (χ1n) is 7.78. The van der Waals surface area contributed by atoms with Crippen LogP contribution in [0.5, 0.6) is 0 Å². The predicted molar refractivity (Wildman–Crippen MR) is 85.9 cm³/mol. The molecule has 10 heteroatoms. The van der Waals surface area contributed by atoms with Crippen molar-refractivity contribution in [3.63, 3.8) is 0 Å². The Bertz CT molecular complexity index is 1210. The molecule has 0 aliphatic rings. The monoisotopic (exact) mass is 399 g/mol. The highest BCUT2D eigenvalue weighted by atomic mass is 19.4. The van der Waals surface area contributed by atoms with Crippen molar-refractivity contribution in [3.05, 3.63) is 65.7 Å². The zero-order chi connectivity index (χ0) is 20.3. The summed E-state index contributed by atoms with van der Waals surface area (Å²) in [5.74, 6) is -0.630. The lowest BCUT2D eigenvalue weighted by molar-refractivity contribution is -0.144. The summed E-state index contributed by atoms with van der Waals surface area (Å²) in [5.41, 5.74) is -3.57. The van der Waals surface area contributed by atoms with E-state index in [1.807, 2.05) is 0 Å². The van der Waals surface area contributed by atoms with Crippen molar-refractivity contribution in [2.45, 2.75) is 12.4 Å². The topological polar surface area (TPSA) is 30.2 Å². The second kappa shape index (κ2) is 5.91. The molecule has 0 saturated heterocycles. The van der Waals surface area contributed by atoms with Crippen molar-refractivity contribution in [1.82, 2.24) is 14.4 Å². The zero-order valence-electron chi connectivity index (χ0n) is 13.6. The third-order valence-corrected chi connectivity index (χ3v) is 4.14. The van der Waals surface area contributed by atoms with E-state index in [0.717, 1.165) is 16.7 Å². The normalized spacial score (nSPS) is 12.8. The first-order chi connectivity index (χ1) is 13.1. The first kappa shape index (κ1) is 18.2. The van der Waals surface area contributed by atoms with Gasteiger partial charge in [0.2, 0.25) is 0 Å². The van der Waals surface area contributed by atoms with Crippen molar-refractivity contribution in [2.24, 2.45) is 0 Å². The molecule has 28 heavy (non-hydrogen) atoms. The minimum Gasteiger partial charge on any atom is -0.283 e. The van der Waals surface area contributed by atoms with Gasteiger partial charge in [0.25, 0.3) is 0 Å². The van der Waals surface area contributed by atoms with E-state index in [-0.39, 0.29) is 23.0 Å². The van der Waals surface area contributed by atoms with Gasteiger partial charge in [-0.1, -0.05) is 12.1 Å². The fourth-order valence-corrected chi connectivity index (χ4v) is 2.91. The van der Waals surface area contributed by atoms with Crippen LogP contribution in [0.4, 0.5) is 30.7 Å². The van der Waals surface area contributed by atoms with E-state index in [1.54, 1.807) is 0 Å². The van der Waals surface area contributed by atoms with Crippen molar-refractivity contribution < 1.29 is 30.7 Å². The fourth-order valence-electron chi connectivity index (χ4n) is 2.91. The molecule has 3 nitrogen and oxygen atoms in total. The minimum absolute atomic E-state index is 0.0249. The van der Waals surface area contributed by atoms with Crippen LogP contribution >= 0.6 is 0 Å². The fraction of sp³-hybridized carbons (Fsp3) is 0.111. The minimum atomic E-state index is -5.08. The average molecular weight is 399 g/mol. The Morgan fingerprint density at radius 1 is 0.821 bits per heavy atom. The van der Waals surface area contributed by atoms with Gasteiger partial charge in [-0.05, 0) is 30.3 Å². The van der Waals surface area contributed by atoms with Crippen LogP contribution in [0.25, 0.3) is 27.9 Å². The van der Waals surface area contributed by atoms with Gasteiger partial charge in [0, 0.05) is 17.1 Å². The average Bonchev–Trinajstić information content (AvgIpc) is 3.04. The van der Waals surface area contributed by atoms with E-state index < -0.39 is 40.5 Å². The Morgan fingerprint density at radius 3 is 2.18 bits per heavy atom. The van der Waals surface area contributed by atoms with Crippen molar-refractivity contribution in [3.8, 4) is 11.3 Å². The van der Waals surface area contributed by atoms with Crippen LogP contribution in [0, 0.1) is 5.82 Å². The lowest BCUT2D eigenvalue weighted by Gasteiger charge is -2.14.